The molecule has 2 unspecified atom stereocenters. The average molecular weight is 430 g/mol. The Hall–Kier alpha value is -2.94. The Morgan fingerprint density at radius 3 is 2.71 bits per heavy atom. The van der Waals surface area contributed by atoms with Crippen LogP contribution in [0.4, 0.5) is 0 Å². The highest BCUT2D eigenvalue weighted by Crippen LogP contribution is 2.21. The number of fused-ring (bicyclic) bond motifs is 8. The van der Waals surface area contributed by atoms with E-state index < -0.39 is 0 Å². The summed E-state index contributed by atoms with van der Waals surface area (Å²) in [5.41, 5.74) is 2.09. The van der Waals surface area contributed by atoms with Crippen LogP contribution in [-0.4, -0.2) is 69.0 Å². The molecule has 1 saturated heterocycles. The van der Waals surface area contributed by atoms with Gasteiger partial charge in [0.25, 0.3) is 6.47 Å². The van der Waals surface area contributed by atoms with E-state index in [9.17, 15) is 4.79 Å². The number of nitrogens with zero attached hydrogens (tertiary/aromatic N) is 5. The molecule has 0 spiro atoms. The maximum absolute atomic E-state index is 12.5. The van der Waals surface area contributed by atoms with Crippen molar-refractivity contribution >= 4 is 12.4 Å². The van der Waals surface area contributed by atoms with Crippen molar-refractivity contribution in [1.29, 1.82) is 0 Å². The van der Waals surface area contributed by atoms with Gasteiger partial charge in [-0.15, -0.1) is 5.10 Å². The molecule has 1 amide bonds. The van der Waals surface area contributed by atoms with Crippen LogP contribution in [0.15, 0.2) is 30.5 Å². The summed E-state index contributed by atoms with van der Waals surface area (Å²) in [6.07, 6.45) is 5.60. The van der Waals surface area contributed by atoms with Crippen LogP contribution in [-0.2, 0) is 29.3 Å². The third kappa shape index (κ3) is 7.06. The highest BCUT2D eigenvalue weighted by Gasteiger charge is 2.23. The summed E-state index contributed by atoms with van der Waals surface area (Å²) in [6, 6.07) is 8.34. The Bertz CT molecular complexity index is 839. The highest BCUT2D eigenvalue weighted by molar-refractivity contribution is 5.75. The molecule has 3 aliphatic rings. The molecule has 9 heteroatoms. The molecule has 168 valence electrons. The number of ether oxygens (including phenoxy) is 1. The molecule has 0 radical (unpaired) electrons. The predicted molar refractivity (Wildman–Crippen MR) is 114 cm³/mol. The quantitative estimate of drug-likeness (QED) is 0.640. The predicted octanol–water partition coefficient (Wildman–Crippen LogP) is 2.02. The first kappa shape index (κ1) is 22.7. The van der Waals surface area contributed by atoms with E-state index in [2.05, 4.69) is 27.3 Å². The first-order valence-electron chi connectivity index (χ1n) is 10.7. The van der Waals surface area contributed by atoms with Crippen LogP contribution in [0.2, 0.25) is 0 Å². The summed E-state index contributed by atoms with van der Waals surface area (Å²) in [5, 5.41) is 15.2. The fourth-order valence-electron chi connectivity index (χ4n) is 4.14. The number of aryl methyl sites for hydroxylation is 1. The van der Waals surface area contributed by atoms with Gasteiger partial charge in [0.05, 0.1) is 6.20 Å². The zero-order chi connectivity index (χ0) is 22.1. The Kier molecular flexibility index (Phi) is 8.40. The summed E-state index contributed by atoms with van der Waals surface area (Å²) in [4.78, 5) is 25.3. The van der Waals surface area contributed by atoms with Gasteiger partial charge >= 0.3 is 0 Å². The third-order valence-electron chi connectivity index (χ3n) is 5.64. The second-order valence-corrected chi connectivity index (χ2v) is 8.13. The largest absolute Gasteiger partial charge is 0.487 e. The van der Waals surface area contributed by atoms with E-state index in [-0.39, 0.29) is 12.4 Å². The fourth-order valence-corrected chi connectivity index (χ4v) is 4.14. The van der Waals surface area contributed by atoms with E-state index in [1.54, 1.807) is 4.68 Å². The van der Waals surface area contributed by atoms with Gasteiger partial charge in [0, 0.05) is 39.6 Å². The zero-order valence-electron chi connectivity index (χ0n) is 18.0. The highest BCUT2D eigenvalue weighted by atomic mass is 16.5. The number of carbonyl (C=O) groups is 2. The van der Waals surface area contributed by atoms with Gasteiger partial charge < -0.3 is 14.7 Å². The molecule has 5 rings (SSSR count). The summed E-state index contributed by atoms with van der Waals surface area (Å²) in [5.74, 6) is 1.61. The van der Waals surface area contributed by atoms with E-state index in [0.717, 1.165) is 44.0 Å². The molecule has 1 fully saturated rings. The van der Waals surface area contributed by atoms with Gasteiger partial charge in [0.2, 0.25) is 5.91 Å². The van der Waals surface area contributed by atoms with Gasteiger partial charge in [0.1, 0.15) is 18.1 Å². The molecule has 1 aromatic carbocycles. The van der Waals surface area contributed by atoms with Crippen LogP contribution in [0.25, 0.3) is 0 Å². The van der Waals surface area contributed by atoms with E-state index in [1.807, 2.05) is 30.3 Å². The zero-order valence-corrected chi connectivity index (χ0v) is 18.0. The molecule has 3 aliphatic heterocycles. The van der Waals surface area contributed by atoms with Crippen molar-refractivity contribution in [3.8, 4) is 5.75 Å². The number of carbonyl (C=O) groups excluding carboxylic acids is 1. The van der Waals surface area contributed by atoms with Crippen molar-refractivity contribution in [1.82, 2.24) is 24.8 Å². The maximum atomic E-state index is 12.5. The SMILES string of the molecule is CN1CC2CCCN(Cc3ccc(cc3)OCc3cn(nn3)CCCC1=O)C2.O=CO. The van der Waals surface area contributed by atoms with Crippen LogP contribution >= 0.6 is 0 Å². The van der Waals surface area contributed by atoms with Crippen LogP contribution in [0, 0.1) is 5.92 Å². The Morgan fingerprint density at radius 1 is 1.16 bits per heavy atom. The van der Waals surface area contributed by atoms with Gasteiger partial charge in [-0.2, -0.15) is 0 Å². The molecular formula is C22H31N5O4. The summed E-state index contributed by atoms with van der Waals surface area (Å²) < 4.78 is 7.64. The number of hydrogen-bond donors (Lipinski definition) is 1. The molecule has 31 heavy (non-hydrogen) atoms. The smallest absolute Gasteiger partial charge is 0.290 e. The lowest BCUT2D eigenvalue weighted by atomic mass is 9.97. The number of rotatable bonds is 0. The first-order chi connectivity index (χ1) is 15.1. The Labute approximate surface area is 182 Å². The van der Waals surface area contributed by atoms with Crippen molar-refractivity contribution in [3.63, 3.8) is 0 Å². The molecular weight excluding hydrogens is 398 g/mol. The molecule has 2 atom stereocenters. The van der Waals surface area contributed by atoms with Gasteiger partial charge in [-0.05, 0) is 49.4 Å². The van der Waals surface area contributed by atoms with Crippen molar-refractivity contribution in [3.05, 3.63) is 41.7 Å². The molecule has 6 bridgehead atoms. The van der Waals surface area contributed by atoms with Crippen LogP contribution in [0.3, 0.4) is 0 Å². The van der Waals surface area contributed by atoms with E-state index in [0.29, 0.717) is 25.5 Å². The number of amides is 1. The molecule has 2 aromatic rings. The average Bonchev–Trinajstić information content (AvgIpc) is 3.21. The van der Waals surface area contributed by atoms with E-state index >= 15 is 0 Å². The van der Waals surface area contributed by atoms with Gasteiger partial charge in [-0.25, -0.2) is 0 Å². The number of aromatic nitrogens is 3. The topological polar surface area (TPSA) is 101 Å². The molecule has 4 heterocycles. The lowest BCUT2D eigenvalue weighted by Crippen LogP contribution is -2.41. The minimum Gasteiger partial charge on any atom is -0.487 e. The second kappa shape index (κ2) is 11.5. The minimum atomic E-state index is -0.250. The van der Waals surface area contributed by atoms with Crippen LogP contribution in [0.1, 0.15) is 36.9 Å². The van der Waals surface area contributed by atoms with Crippen molar-refractivity contribution in [2.24, 2.45) is 5.92 Å². The standard InChI is InChI=1S/C21H29N5O2.CH2O2/c1-24-12-18-4-2-10-25(14-18)13-17-6-8-20(9-7-17)28-16-19-15-26(23-22-19)11-3-5-21(24)27;2-1-3/h6-9,15,18H,2-5,10-14,16H2,1H3;1H,(H,2,3). The lowest BCUT2D eigenvalue weighted by molar-refractivity contribution is -0.131. The summed E-state index contributed by atoms with van der Waals surface area (Å²) in [7, 11) is 1.94. The lowest BCUT2D eigenvalue weighted by Gasteiger charge is -2.34. The molecule has 1 aromatic heterocycles. The number of carboxylic acid groups (broad SMARTS) is 1. The van der Waals surface area contributed by atoms with Crippen molar-refractivity contribution < 1.29 is 19.4 Å². The summed E-state index contributed by atoms with van der Waals surface area (Å²) >= 11 is 0. The molecule has 9 nitrogen and oxygen atoms in total. The second-order valence-electron chi connectivity index (χ2n) is 8.13. The first-order valence-corrected chi connectivity index (χ1v) is 10.7. The maximum Gasteiger partial charge on any atom is 0.290 e. The Morgan fingerprint density at radius 2 is 1.94 bits per heavy atom. The monoisotopic (exact) mass is 429 g/mol. The molecule has 1 N–H and O–H groups in total. The van der Waals surface area contributed by atoms with Crippen molar-refractivity contribution in [2.75, 3.05) is 26.7 Å². The van der Waals surface area contributed by atoms with Crippen LogP contribution in [0.5, 0.6) is 5.75 Å². The van der Waals surface area contributed by atoms with E-state index in [1.165, 1.54) is 18.4 Å². The normalized spacial score (nSPS) is 22.2. The van der Waals surface area contributed by atoms with Gasteiger partial charge in [-0.1, -0.05) is 17.3 Å². The van der Waals surface area contributed by atoms with Gasteiger partial charge in [-0.3, -0.25) is 19.2 Å². The minimum absolute atomic E-state index is 0.217. The number of benzene rings is 1. The summed E-state index contributed by atoms with van der Waals surface area (Å²) in [6.45, 7) is 4.81. The fraction of sp³-hybridized carbons (Fsp3) is 0.545. The number of hydrogen-bond acceptors (Lipinski definition) is 6. The van der Waals surface area contributed by atoms with E-state index in [4.69, 9.17) is 14.6 Å². The third-order valence-corrected chi connectivity index (χ3v) is 5.64. The van der Waals surface area contributed by atoms with Crippen molar-refractivity contribution in [2.45, 2.75) is 45.4 Å². The number of piperidine rings is 1. The van der Waals surface area contributed by atoms with Gasteiger partial charge in [0.15, 0.2) is 0 Å². The van der Waals surface area contributed by atoms with Crippen LogP contribution < -0.4 is 4.74 Å². The molecule has 0 aliphatic carbocycles. The Balaban J connectivity index is 0.000000858. The molecule has 0 saturated carbocycles.